The smallest absolute Gasteiger partial charge is 0.0850 e. The van der Waals surface area contributed by atoms with E-state index < -0.39 is 0 Å². The quantitative estimate of drug-likeness (QED) is 0.637. The molecule has 0 saturated heterocycles. The molecule has 0 bridgehead atoms. The van der Waals surface area contributed by atoms with Crippen LogP contribution < -0.4 is 11.3 Å². The van der Waals surface area contributed by atoms with Gasteiger partial charge in [-0.3, -0.25) is 16.0 Å². The van der Waals surface area contributed by atoms with Gasteiger partial charge >= 0.3 is 0 Å². The summed E-state index contributed by atoms with van der Waals surface area (Å²) in [6.45, 7) is 4.21. The lowest BCUT2D eigenvalue weighted by atomic mass is 9.95. The highest BCUT2D eigenvalue weighted by atomic mass is 35.5. The van der Waals surface area contributed by atoms with Crippen molar-refractivity contribution in [3.8, 4) is 0 Å². The Morgan fingerprint density at radius 1 is 1.29 bits per heavy atom. The maximum atomic E-state index is 6.44. The van der Waals surface area contributed by atoms with Gasteiger partial charge in [-0.2, -0.15) is 5.10 Å². The van der Waals surface area contributed by atoms with Gasteiger partial charge in [0.1, 0.15) is 0 Å². The number of rotatable bonds is 6. The highest BCUT2D eigenvalue weighted by molar-refractivity contribution is 6.31. The van der Waals surface area contributed by atoms with E-state index in [4.69, 9.17) is 17.4 Å². The molecule has 0 aliphatic heterocycles. The molecule has 0 aliphatic carbocycles. The first-order valence-corrected chi connectivity index (χ1v) is 7.74. The topological polar surface area (TPSA) is 55.9 Å². The van der Waals surface area contributed by atoms with Gasteiger partial charge in [0.2, 0.25) is 0 Å². The number of aromatic nitrogens is 2. The van der Waals surface area contributed by atoms with Crippen LogP contribution in [-0.2, 0) is 26.3 Å². The van der Waals surface area contributed by atoms with Gasteiger partial charge in [0, 0.05) is 13.5 Å². The highest BCUT2D eigenvalue weighted by Crippen LogP contribution is 2.27. The Morgan fingerprint density at radius 2 is 2.00 bits per heavy atom. The molecule has 0 fully saturated rings. The van der Waals surface area contributed by atoms with Crippen molar-refractivity contribution in [1.82, 2.24) is 15.2 Å². The minimum atomic E-state index is 0.0266. The normalized spacial score (nSPS) is 12.6. The summed E-state index contributed by atoms with van der Waals surface area (Å²) in [6.07, 6.45) is 2.53. The number of hydrogen-bond acceptors (Lipinski definition) is 3. The van der Waals surface area contributed by atoms with Gasteiger partial charge in [0.25, 0.3) is 0 Å². The van der Waals surface area contributed by atoms with Gasteiger partial charge in [-0.1, -0.05) is 49.7 Å². The standard InChI is InChI=1S/C16H23ClN4/c1-4-11-8-6-7-9-12(11)14(19-18)10-15-16(17)13(5-2)20-21(15)3/h6-9,14,19H,4-5,10,18H2,1-3H3. The first kappa shape index (κ1) is 16.0. The van der Waals surface area contributed by atoms with E-state index in [1.807, 2.05) is 17.8 Å². The van der Waals surface area contributed by atoms with Crippen LogP contribution in [0.3, 0.4) is 0 Å². The summed E-state index contributed by atoms with van der Waals surface area (Å²) in [5.74, 6) is 5.79. The molecule has 0 saturated carbocycles. The van der Waals surface area contributed by atoms with E-state index >= 15 is 0 Å². The largest absolute Gasteiger partial charge is 0.271 e. The number of hydrazine groups is 1. The van der Waals surface area contributed by atoms with Gasteiger partial charge in [-0.05, 0) is 24.0 Å². The summed E-state index contributed by atoms with van der Waals surface area (Å²) in [7, 11) is 1.93. The molecule has 0 spiro atoms. The number of aryl methyl sites for hydroxylation is 3. The van der Waals surface area contributed by atoms with Crippen molar-refractivity contribution in [3.63, 3.8) is 0 Å². The molecule has 114 valence electrons. The minimum Gasteiger partial charge on any atom is -0.271 e. The minimum absolute atomic E-state index is 0.0266. The lowest BCUT2D eigenvalue weighted by Gasteiger charge is -2.19. The van der Waals surface area contributed by atoms with E-state index in [1.165, 1.54) is 11.1 Å². The second-order valence-electron chi connectivity index (χ2n) is 5.16. The maximum Gasteiger partial charge on any atom is 0.0850 e. The van der Waals surface area contributed by atoms with E-state index in [1.54, 1.807) is 0 Å². The SMILES string of the molecule is CCc1ccccc1C(Cc1c(Cl)c(CC)nn1C)NN. The number of hydrogen-bond donors (Lipinski definition) is 2. The second kappa shape index (κ2) is 7.07. The summed E-state index contributed by atoms with van der Waals surface area (Å²) in [4.78, 5) is 0. The maximum absolute atomic E-state index is 6.44. The van der Waals surface area contributed by atoms with Crippen molar-refractivity contribution in [2.45, 2.75) is 39.2 Å². The molecule has 3 N–H and O–H groups in total. The third-order valence-corrected chi connectivity index (χ3v) is 4.35. The Morgan fingerprint density at radius 3 is 2.57 bits per heavy atom. The van der Waals surface area contributed by atoms with Crippen molar-refractivity contribution in [2.24, 2.45) is 12.9 Å². The van der Waals surface area contributed by atoms with Gasteiger partial charge in [-0.15, -0.1) is 0 Å². The molecular weight excluding hydrogens is 284 g/mol. The predicted octanol–water partition coefficient (Wildman–Crippen LogP) is 2.95. The van der Waals surface area contributed by atoms with Crippen LogP contribution in [0.1, 0.15) is 42.4 Å². The zero-order valence-corrected chi connectivity index (χ0v) is 13.6. The zero-order chi connectivity index (χ0) is 15.4. The van der Waals surface area contributed by atoms with E-state index in [-0.39, 0.29) is 6.04 Å². The Kier molecular flexibility index (Phi) is 5.39. The lowest BCUT2D eigenvalue weighted by molar-refractivity contribution is 0.526. The van der Waals surface area contributed by atoms with Gasteiger partial charge in [0.15, 0.2) is 0 Å². The van der Waals surface area contributed by atoms with Crippen LogP contribution in [0.2, 0.25) is 5.02 Å². The van der Waals surface area contributed by atoms with Crippen LogP contribution in [0, 0.1) is 0 Å². The molecule has 2 aromatic rings. The molecule has 1 aromatic carbocycles. The number of nitrogens with two attached hydrogens (primary N) is 1. The van der Waals surface area contributed by atoms with E-state index in [9.17, 15) is 0 Å². The number of benzene rings is 1. The summed E-state index contributed by atoms with van der Waals surface area (Å²) >= 11 is 6.44. The van der Waals surface area contributed by atoms with Crippen LogP contribution in [0.4, 0.5) is 0 Å². The average Bonchev–Trinajstić information content (AvgIpc) is 2.79. The summed E-state index contributed by atoms with van der Waals surface area (Å²) in [6, 6.07) is 8.39. The fourth-order valence-corrected chi connectivity index (χ4v) is 3.06. The molecule has 1 unspecified atom stereocenters. The Labute approximate surface area is 131 Å². The molecule has 21 heavy (non-hydrogen) atoms. The first-order valence-electron chi connectivity index (χ1n) is 7.36. The van der Waals surface area contributed by atoms with Gasteiger partial charge in [-0.25, -0.2) is 0 Å². The summed E-state index contributed by atoms with van der Waals surface area (Å²) < 4.78 is 1.86. The van der Waals surface area contributed by atoms with Crippen LogP contribution in [0.5, 0.6) is 0 Å². The Bertz CT molecular complexity index is 606. The summed E-state index contributed by atoms with van der Waals surface area (Å²) in [5.41, 5.74) is 7.40. The van der Waals surface area contributed by atoms with Crippen LogP contribution >= 0.6 is 11.6 Å². The second-order valence-corrected chi connectivity index (χ2v) is 5.54. The third kappa shape index (κ3) is 3.28. The molecule has 4 nitrogen and oxygen atoms in total. The fourth-order valence-electron chi connectivity index (χ4n) is 2.69. The number of nitrogens with zero attached hydrogens (tertiary/aromatic N) is 2. The molecule has 1 heterocycles. The van der Waals surface area contributed by atoms with Gasteiger partial charge < -0.3 is 0 Å². The monoisotopic (exact) mass is 306 g/mol. The first-order chi connectivity index (χ1) is 10.1. The molecule has 2 rings (SSSR count). The molecule has 1 aromatic heterocycles. The molecule has 1 atom stereocenters. The molecule has 5 heteroatoms. The van der Waals surface area contributed by atoms with Crippen molar-refractivity contribution >= 4 is 11.6 Å². The van der Waals surface area contributed by atoms with Crippen LogP contribution in [0.15, 0.2) is 24.3 Å². The molecular formula is C16H23ClN4. The van der Waals surface area contributed by atoms with Crippen molar-refractivity contribution in [3.05, 3.63) is 51.8 Å². The number of nitrogens with one attached hydrogen (secondary N) is 1. The highest BCUT2D eigenvalue weighted by Gasteiger charge is 2.20. The van der Waals surface area contributed by atoms with Crippen molar-refractivity contribution in [1.29, 1.82) is 0 Å². The van der Waals surface area contributed by atoms with E-state index in [0.717, 1.165) is 35.7 Å². The predicted molar refractivity (Wildman–Crippen MR) is 87.2 cm³/mol. The molecule has 0 radical (unpaired) electrons. The van der Waals surface area contributed by atoms with E-state index in [0.29, 0.717) is 0 Å². The van der Waals surface area contributed by atoms with E-state index in [2.05, 4.69) is 42.6 Å². The lowest BCUT2D eigenvalue weighted by Crippen LogP contribution is -2.31. The van der Waals surface area contributed by atoms with Crippen molar-refractivity contribution in [2.75, 3.05) is 0 Å². The number of halogens is 1. The average molecular weight is 307 g/mol. The van der Waals surface area contributed by atoms with Crippen molar-refractivity contribution < 1.29 is 0 Å². The van der Waals surface area contributed by atoms with Gasteiger partial charge in [0.05, 0.1) is 22.5 Å². The van der Waals surface area contributed by atoms with Crippen LogP contribution in [-0.4, -0.2) is 9.78 Å². The summed E-state index contributed by atoms with van der Waals surface area (Å²) in [5, 5.41) is 5.23. The van der Waals surface area contributed by atoms with Crippen LogP contribution in [0.25, 0.3) is 0 Å². The Balaban J connectivity index is 2.34. The third-order valence-electron chi connectivity index (χ3n) is 3.91. The molecule has 0 amide bonds. The fraction of sp³-hybridized carbons (Fsp3) is 0.438. The Hall–Kier alpha value is -1.36. The zero-order valence-electron chi connectivity index (χ0n) is 12.9. The molecule has 0 aliphatic rings.